The molecule has 0 saturated carbocycles. The first-order valence-corrected chi connectivity index (χ1v) is 12.5. The summed E-state index contributed by atoms with van der Waals surface area (Å²) in [7, 11) is 0. The molecule has 0 radical (unpaired) electrons. The topological polar surface area (TPSA) is 114 Å². The van der Waals surface area contributed by atoms with Gasteiger partial charge in [0.2, 0.25) is 0 Å². The van der Waals surface area contributed by atoms with E-state index in [1.54, 1.807) is 39.0 Å². The summed E-state index contributed by atoms with van der Waals surface area (Å²) < 4.78 is 10.9. The molecule has 38 heavy (non-hydrogen) atoms. The van der Waals surface area contributed by atoms with Gasteiger partial charge in [0.25, 0.3) is 0 Å². The van der Waals surface area contributed by atoms with Gasteiger partial charge in [-0.3, -0.25) is 5.32 Å². The molecule has 1 unspecified atom stereocenters. The Labute approximate surface area is 221 Å². The number of ether oxygens (including phenoxy) is 2. The van der Waals surface area contributed by atoms with Crippen molar-refractivity contribution >= 4 is 23.8 Å². The lowest BCUT2D eigenvalue weighted by atomic mass is 9.96. The van der Waals surface area contributed by atoms with Crippen molar-refractivity contribution in [3.8, 4) is 11.1 Å². The number of aliphatic carboxylic acids is 1. The number of hydrogen-bond donors (Lipinski definition) is 3. The summed E-state index contributed by atoms with van der Waals surface area (Å²) >= 11 is 0. The maximum absolute atomic E-state index is 12.7. The van der Waals surface area contributed by atoms with Gasteiger partial charge < -0.3 is 19.9 Å². The molecule has 0 bridgehead atoms. The highest BCUT2D eigenvalue weighted by Crippen LogP contribution is 2.44. The van der Waals surface area contributed by atoms with Gasteiger partial charge in [-0.1, -0.05) is 54.6 Å². The van der Waals surface area contributed by atoms with E-state index in [4.69, 9.17) is 9.47 Å². The van der Waals surface area contributed by atoms with Crippen molar-refractivity contribution in [2.45, 2.75) is 50.7 Å². The van der Waals surface area contributed by atoms with Crippen molar-refractivity contribution in [1.29, 1.82) is 0 Å². The van der Waals surface area contributed by atoms with Crippen LogP contribution in [0.4, 0.5) is 15.3 Å². The molecule has 2 aliphatic rings. The maximum Gasteiger partial charge on any atom is 0.411 e. The van der Waals surface area contributed by atoms with E-state index in [1.807, 2.05) is 24.3 Å². The second-order valence-corrected chi connectivity index (χ2v) is 10.8. The monoisotopic (exact) mass is 514 g/mol. The molecule has 2 amide bonds. The van der Waals surface area contributed by atoms with E-state index in [0.717, 1.165) is 33.4 Å². The predicted octanol–water partition coefficient (Wildman–Crippen LogP) is 5.49. The molecule has 0 aliphatic heterocycles. The smallest absolute Gasteiger partial charge is 0.411 e. The highest BCUT2D eigenvalue weighted by molar-refractivity contribution is 5.88. The number of alkyl carbamates (subject to hydrolysis) is 1. The molecule has 3 aromatic carbocycles. The Morgan fingerprint density at radius 2 is 1.50 bits per heavy atom. The Hall–Kier alpha value is -4.33. The maximum atomic E-state index is 12.7. The lowest BCUT2D eigenvalue weighted by molar-refractivity contribution is -0.144. The fourth-order valence-corrected chi connectivity index (χ4v) is 5.30. The highest BCUT2D eigenvalue weighted by Gasteiger charge is 2.46. The quantitative estimate of drug-likeness (QED) is 0.415. The fraction of sp³-hybridized carbons (Fsp3) is 0.300. The molecule has 0 saturated heterocycles. The normalized spacial score (nSPS) is 17.7. The van der Waals surface area contributed by atoms with Crippen LogP contribution in [0, 0.1) is 0 Å². The molecule has 3 N–H and O–H groups in total. The molecule has 0 fully saturated rings. The van der Waals surface area contributed by atoms with Gasteiger partial charge in [0.1, 0.15) is 17.7 Å². The molecule has 0 aromatic heterocycles. The number of carbonyl (C=O) groups is 3. The minimum atomic E-state index is -1.52. The van der Waals surface area contributed by atoms with Crippen molar-refractivity contribution in [2.24, 2.45) is 0 Å². The number of anilines is 1. The number of nitrogens with one attached hydrogen (secondary N) is 2. The zero-order chi connectivity index (χ0) is 27.1. The number of carboxylic acids is 1. The summed E-state index contributed by atoms with van der Waals surface area (Å²) in [6, 6.07) is 21.4. The molecule has 0 spiro atoms. The van der Waals surface area contributed by atoms with Crippen LogP contribution in [0.2, 0.25) is 0 Å². The van der Waals surface area contributed by atoms with Crippen LogP contribution < -0.4 is 10.6 Å². The highest BCUT2D eigenvalue weighted by atomic mass is 16.6. The number of amides is 2. The van der Waals surface area contributed by atoms with E-state index in [1.165, 1.54) is 0 Å². The van der Waals surface area contributed by atoms with Gasteiger partial charge in [0.05, 0.1) is 0 Å². The van der Waals surface area contributed by atoms with Gasteiger partial charge in [-0.15, -0.1) is 0 Å². The van der Waals surface area contributed by atoms with Gasteiger partial charge in [-0.05, 0) is 66.3 Å². The van der Waals surface area contributed by atoms with Crippen molar-refractivity contribution in [3.05, 3.63) is 89.0 Å². The number of hydrogen-bond acceptors (Lipinski definition) is 5. The SMILES string of the molecule is CC(C)(C)OC(=O)NC1(C(=O)O)Cc2ccc(NC(=O)OCC3c4ccccc4-c4ccccc43)cc2C1. The third-order valence-corrected chi connectivity index (χ3v) is 6.93. The molecule has 1 atom stereocenters. The second-order valence-electron chi connectivity index (χ2n) is 10.8. The number of carbonyl (C=O) groups excluding carboxylic acids is 2. The average Bonchev–Trinajstić information content (AvgIpc) is 3.37. The molecular weight excluding hydrogens is 484 g/mol. The lowest BCUT2D eigenvalue weighted by Crippen LogP contribution is -2.56. The summed E-state index contributed by atoms with van der Waals surface area (Å²) in [5.41, 5.74) is 4.27. The van der Waals surface area contributed by atoms with E-state index in [9.17, 15) is 19.5 Å². The van der Waals surface area contributed by atoms with E-state index >= 15 is 0 Å². The van der Waals surface area contributed by atoms with Crippen molar-refractivity contribution < 1.29 is 29.0 Å². The van der Waals surface area contributed by atoms with Crippen molar-refractivity contribution in [2.75, 3.05) is 11.9 Å². The van der Waals surface area contributed by atoms with Crippen LogP contribution >= 0.6 is 0 Å². The fourth-order valence-electron chi connectivity index (χ4n) is 5.30. The van der Waals surface area contributed by atoms with Crippen LogP contribution in [0.25, 0.3) is 11.1 Å². The molecule has 8 nitrogen and oxygen atoms in total. The molecule has 196 valence electrons. The zero-order valence-electron chi connectivity index (χ0n) is 21.5. The van der Waals surface area contributed by atoms with E-state index in [0.29, 0.717) is 5.69 Å². The Balaban J connectivity index is 1.25. The Kier molecular flexibility index (Phi) is 6.34. The summed E-state index contributed by atoms with van der Waals surface area (Å²) in [6.45, 7) is 5.33. The molecule has 2 aliphatic carbocycles. The summed E-state index contributed by atoms with van der Waals surface area (Å²) in [4.78, 5) is 37.2. The van der Waals surface area contributed by atoms with Gasteiger partial charge >= 0.3 is 18.2 Å². The van der Waals surface area contributed by atoms with Crippen molar-refractivity contribution in [1.82, 2.24) is 5.32 Å². The third-order valence-electron chi connectivity index (χ3n) is 6.93. The summed E-state index contributed by atoms with van der Waals surface area (Å²) in [5.74, 6) is -1.20. The van der Waals surface area contributed by atoms with Crippen LogP contribution in [-0.4, -0.2) is 41.0 Å². The minimum absolute atomic E-state index is 0.0525. The van der Waals surface area contributed by atoms with Gasteiger partial charge in [0.15, 0.2) is 0 Å². The number of rotatable bonds is 5. The summed E-state index contributed by atoms with van der Waals surface area (Å²) in [5, 5.41) is 15.3. The second kappa shape index (κ2) is 9.52. The Morgan fingerprint density at radius 3 is 2.11 bits per heavy atom. The average molecular weight is 515 g/mol. The molecule has 5 rings (SSSR count). The largest absolute Gasteiger partial charge is 0.479 e. The number of carboxylic acid groups (broad SMARTS) is 1. The first-order valence-electron chi connectivity index (χ1n) is 12.5. The minimum Gasteiger partial charge on any atom is -0.479 e. The zero-order valence-corrected chi connectivity index (χ0v) is 21.5. The third kappa shape index (κ3) is 4.94. The van der Waals surface area contributed by atoms with Crippen LogP contribution in [0.5, 0.6) is 0 Å². The molecule has 0 heterocycles. The molecule has 8 heteroatoms. The number of fused-ring (bicyclic) bond motifs is 4. The van der Waals surface area contributed by atoms with Crippen LogP contribution in [-0.2, 0) is 27.1 Å². The van der Waals surface area contributed by atoms with Gasteiger partial charge in [-0.2, -0.15) is 0 Å². The van der Waals surface area contributed by atoms with E-state index in [-0.39, 0.29) is 25.4 Å². The Bertz CT molecular complexity index is 1380. The predicted molar refractivity (Wildman–Crippen MR) is 142 cm³/mol. The van der Waals surface area contributed by atoms with Crippen molar-refractivity contribution in [3.63, 3.8) is 0 Å². The number of benzene rings is 3. The van der Waals surface area contributed by atoms with Crippen LogP contribution in [0.1, 0.15) is 48.9 Å². The molecular formula is C30H30N2O6. The first kappa shape index (κ1) is 25.3. The lowest BCUT2D eigenvalue weighted by Gasteiger charge is -2.28. The van der Waals surface area contributed by atoms with Gasteiger partial charge in [0, 0.05) is 24.4 Å². The van der Waals surface area contributed by atoms with Crippen LogP contribution in [0.3, 0.4) is 0 Å². The molecule has 3 aromatic rings. The van der Waals surface area contributed by atoms with Crippen LogP contribution in [0.15, 0.2) is 66.7 Å². The summed E-state index contributed by atoms with van der Waals surface area (Å²) in [6.07, 6.45) is -1.20. The Morgan fingerprint density at radius 1 is 0.895 bits per heavy atom. The standard InChI is InChI=1S/C30H30N2O6/c1-29(2,3)38-28(36)32-30(26(33)34)15-18-12-13-20(14-19(18)16-30)31-27(35)37-17-25-23-10-6-4-8-21(23)22-9-5-7-11-24(22)25/h4-14,25H,15-17H2,1-3H3,(H,31,35)(H,32,36)(H,33,34). The van der Waals surface area contributed by atoms with Gasteiger partial charge in [-0.25, -0.2) is 14.4 Å². The van der Waals surface area contributed by atoms with E-state index < -0.39 is 29.3 Å². The first-order chi connectivity index (χ1) is 18.0. The van der Waals surface area contributed by atoms with E-state index in [2.05, 4.69) is 34.9 Å².